The largest absolute Gasteiger partial charge is 0.462 e. The molecule has 1 saturated heterocycles. The summed E-state index contributed by atoms with van der Waals surface area (Å²) >= 11 is 0. The van der Waals surface area contributed by atoms with Crippen molar-refractivity contribution in [1.82, 2.24) is 4.90 Å². The summed E-state index contributed by atoms with van der Waals surface area (Å²) < 4.78 is 17.8. The number of amides is 1. The van der Waals surface area contributed by atoms with Gasteiger partial charge in [0.25, 0.3) is 0 Å². The molecule has 1 aliphatic rings. The molecule has 0 radical (unpaired) electrons. The molecule has 1 aromatic rings. The molecule has 1 heterocycles. The lowest BCUT2D eigenvalue weighted by atomic mass is 10.1. The first-order valence-corrected chi connectivity index (χ1v) is 13.5. The van der Waals surface area contributed by atoms with E-state index in [-0.39, 0.29) is 35.7 Å². The third-order valence-corrected chi connectivity index (χ3v) is 10.2. The highest BCUT2D eigenvalue weighted by Gasteiger charge is 2.45. The van der Waals surface area contributed by atoms with Crippen LogP contribution in [0.5, 0.6) is 0 Å². The molecule has 0 N–H and O–H groups in total. The normalized spacial score (nSPS) is 20.2. The maximum atomic E-state index is 12.6. The first kappa shape index (κ1) is 24.4. The first-order chi connectivity index (χ1) is 13.7. The van der Waals surface area contributed by atoms with Crippen LogP contribution in [-0.4, -0.2) is 56.7 Å². The van der Waals surface area contributed by atoms with Crippen LogP contribution < -0.4 is 0 Å². The van der Waals surface area contributed by atoms with E-state index >= 15 is 0 Å². The van der Waals surface area contributed by atoms with E-state index in [1.165, 1.54) is 0 Å². The van der Waals surface area contributed by atoms with E-state index in [1.54, 1.807) is 29.2 Å². The third-order valence-electron chi connectivity index (χ3n) is 5.72. The van der Waals surface area contributed by atoms with Crippen molar-refractivity contribution < 1.29 is 23.5 Å². The van der Waals surface area contributed by atoms with Crippen LogP contribution in [0.1, 0.15) is 51.9 Å². The number of ether oxygens (including phenoxy) is 2. The van der Waals surface area contributed by atoms with Crippen LogP contribution in [0.25, 0.3) is 0 Å². The van der Waals surface area contributed by atoms with Gasteiger partial charge in [0, 0.05) is 19.0 Å². The average molecular weight is 436 g/mol. The van der Waals surface area contributed by atoms with E-state index in [0.717, 1.165) is 0 Å². The Morgan fingerprint density at radius 1 is 1.03 bits per heavy atom. The second kappa shape index (κ2) is 9.10. The lowest BCUT2D eigenvalue weighted by Gasteiger charge is -2.39. The van der Waals surface area contributed by atoms with Crippen molar-refractivity contribution in [2.45, 2.75) is 71.4 Å². The minimum Gasteiger partial charge on any atom is -0.462 e. The first-order valence-electron chi connectivity index (χ1n) is 10.6. The highest BCUT2D eigenvalue weighted by Crippen LogP contribution is 2.39. The fourth-order valence-corrected chi connectivity index (χ4v) is 4.38. The summed E-state index contributed by atoms with van der Waals surface area (Å²) in [4.78, 5) is 26.7. The van der Waals surface area contributed by atoms with Crippen LogP contribution in [0.2, 0.25) is 18.1 Å². The van der Waals surface area contributed by atoms with Gasteiger partial charge in [0.05, 0.1) is 18.3 Å². The number of esters is 1. The molecule has 2 rings (SSSR count). The summed E-state index contributed by atoms with van der Waals surface area (Å²) in [5, 5.41) is 0.0393. The number of nitrogens with zero attached hydrogens (tertiary/aromatic N) is 1. The minimum absolute atomic E-state index is 0.0393. The summed E-state index contributed by atoms with van der Waals surface area (Å²) in [5.74, 6) is -0.461. The molecule has 2 atom stereocenters. The lowest BCUT2D eigenvalue weighted by Crippen LogP contribution is -2.46. The van der Waals surface area contributed by atoms with Gasteiger partial charge in [-0.05, 0) is 51.0 Å². The van der Waals surface area contributed by atoms with Crippen molar-refractivity contribution in [3.63, 3.8) is 0 Å². The van der Waals surface area contributed by atoms with Crippen molar-refractivity contribution in [3.05, 3.63) is 35.9 Å². The van der Waals surface area contributed by atoms with Crippen molar-refractivity contribution in [3.8, 4) is 0 Å². The molecule has 2 unspecified atom stereocenters. The van der Waals surface area contributed by atoms with Crippen LogP contribution in [0, 0.1) is 5.92 Å². The molecule has 0 bridgehead atoms. The third kappa shape index (κ3) is 6.57. The lowest BCUT2D eigenvalue weighted by molar-refractivity contribution is 0.0271. The smallest absolute Gasteiger partial charge is 0.410 e. The van der Waals surface area contributed by atoms with Crippen molar-refractivity contribution in [2.24, 2.45) is 5.92 Å². The number of carbonyl (C=O) groups excluding carboxylic acids is 2. The zero-order valence-electron chi connectivity index (χ0n) is 19.7. The van der Waals surface area contributed by atoms with Gasteiger partial charge in [-0.2, -0.15) is 0 Å². The van der Waals surface area contributed by atoms with Gasteiger partial charge in [-0.3, -0.25) is 0 Å². The Bertz CT molecular complexity index is 736. The maximum Gasteiger partial charge on any atom is 0.410 e. The second-order valence-electron chi connectivity index (χ2n) is 10.5. The number of hydrogen-bond acceptors (Lipinski definition) is 5. The van der Waals surface area contributed by atoms with Crippen LogP contribution in [-0.2, 0) is 13.9 Å². The highest BCUT2D eigenvalue weighted by atomic mass is 28.4. The van der Waals surface area contributed by atoms with Crippen molar-refractivity contribution >= 4 is 20.4 Å². The van der Waals surface area contributed by atoms with E-state index in [0.29, 0.717) is 18.7 Å². The Balaban J connectivity index is 2.11. The summed E-state index contributed by atoms with van der Waals surface area (Å²) in [6.07, 6.45) is -0.551. The molecule has 1 amide bonds. The van der Waals surface area contributed by atoms with Gasteiger partial charge in [0.15, 0.2) is 8.32 Å². The van der Waals surface area contributed by atoms with Crippen LogP contribution in [0.3, 0.4) is 0 Å². The monoisotopic (exact) mass is 435 g/mol. The van der Waals surface area contributed by atoms with E-state index in [4.69, 9.17) is 13.9 Å². The summed E-state index contributed by atoms with van der Waals surface area (Å²) in [6.45, 7) is 17.6. The van der Waals surface area contributed by atoms with E-state index in [9.17, 15) is 9.59 Å². The molecule has 0 aromatic heterocycles. The van der Waals surface area contributed by atoms with Crippen molar-refractivity contribution in [2.75, 3.05) is 19.7 Å². The molecule has 30 heavy (non-hydrogen) atoms. The molecule has 1 fully saturated rings. The number of benzene rings is 1. The van der Waals surface area contributed by atoms with Crippen LogP contribution in [0.15, 0.2) is 30.3 Å². The summed E-state index contributed by atoms with van der Waals surface area (Å²) in [5.41, 5.74) is -0.0496. The molecule has 0 aliphatic carbocycles. The fourth-order valence-electron chi connectivity index (χ4n) is 3.01. The minimum atomic E-state index is -2.06. The number of rotatable bonds is 5. The summed E-state index contributed by atoms with van der Waals surface area (Å²) in [6, 6.07) is 8.93. The Labute approximate surface area is 182 Å². The van der Waals surface area contributed by atoms with Gasteiger partial charge in [-0.15, -0.1) is 0 Å². The molecule has 1 aromatic carbocycles. The highest BCUT2D eigenvalue weighted by molar-refractivity contribution is 6.74. The predicted octanol–water partition coefficient (Wildman–Crippen LogP) is 5.10. The van der Waals surface area contributed by atoms with E-state index in [2.05, 4.69) is 33.9 Å². The molecule has 0 saturated carbocycles. The van der Waals surface area contributed by atoms with Crippen LogP contribution >= 0.6 is 0 Å². The van der Waals surface area contributed by atoms with Gasteiger partial charge in [-0.1, -0.05) is 39.0 Å². The van der Waals surface area contributed by atoms with E-state index < -0.39 is 13.9 Å². The molecule has 1 aliphatic heterocycles. The Morgan fingerprint density at radius 3 is 2.17 bits per heavy atom. The molecular weight excluding hydrogens is 398 g/mol. The Morgan fingerprint density at radius 2 is 1.63 bits per heavy atom. The topological polar surface area (TPSA) is 65.1 Å². The maximum absolute atomic E-state index is 12.6. The van der Waals surface area contributed by atoms with Gasteiger partial charge in [0.2, 0.25) is 0 Å². The standard InChI is InChI=1S/C23H37NO5Si/c1-22(2,3)28-21(26)24-14-18(16-27-20(25)17-12-10-9-11-13-17)19(15-24)29-30(7,8)23(4,5)6/h9-13,18-19H,14-16H2,1-8H3. The predicted molar refractivity (Wildman–Crippen MR) is 120 cm³/mol. The Hall–Kier alpha value is -1.86. The zero-order valence-corrected chi connectivity index (χ0v) is 20.7. The molecule has 0 spiro atoms. The molecule has 168 valence electrons. The average Bonchev–Trinajstić information content (AvgIpc) is 3.00. The SMILES string of the molecule is CC(C)(C)OC(=O)N1CC(COC(=O)c2ccccc2)C(O[Si](C)(C)C(C)(C)C)C1. The fraction of sp³-hybridized carbons (Fsp3) is 0.652. The van der Waals surface area contributed by atoms with Gasteiger partial charge < -0.3 is 18.8 Å². The van der Waals surface area contributed by atoms with E-state index in [1.807, 2.05) is 26.8 Å². The Kier molecular flexibility index (Phi) is 7.40. The van der Waals surface area contributed by atoms with Gasteiger partial charge >= 0.3 is 12.1 Å². The number of carbonyl (C=O) groups is 2. The summed E-state index contributed by atoms with van der Waals surface area (Å²) in [7, 11) is -2.06. The molecule has 7 heteroatoms. The molecular formula is C23H37NO5Si. The van der Waals surface area contributed by atoms with Crippen LogP contribution in [0.4, 0.5) is 4.79 Å². The number of hydrogen-bond donors (Lipinski definition) is 0. The quantitative estimate of drug-likeness (QED) is 0.475. The van der Waals surface area contributed by atoms with Gasteiger partial charge in [0.1, 0.15) is 5.60 Å². The number of likely N-dealkylation sites (tertiary alicyclic amines) is 1. The van der Waals surface area contributed by atoms with Crippen molar-refractivity contribution in [1.29, 1.82) is 0 Å². The van der Waals surface area contributed by atoms with Gasteiger partial charge in [-0.25, -0.2) is 9.59 Å². The zero-order chi connectivity index (χ0) is 22.7. The molecule has 6 nitrogen and oxygen atoms in total. The second-order valence-corrected chi connectivity index (χ2v) is 15.3.